The summed E-state index contributed by atoms with van der Waals surface area (Å²) in [5.74, 6) is 0.255. The van der Waals surface area contributed by atoms with Gasteiger partial charge in [0, 0.05) is 18.3 Å². The fourth-order valence-electron chi connectivity index (χ4n) is 3.80. The zero-order valence-corrected chi connectivity index (χ0v) is 18.5. The topological polar surface area (TPSA) is 55.8 Å². The monoisotopic (exact) mass is 382 g/mol. The van der Waals surface area contributed by atoms with Gasteiger partial charge in [0.25, 0.3) is 0 Å². The molecule has 5 atom stereocenters. The van der Waals surface area contributed by atoms with E-state index in [1.807, 2.05) is 6.08 Å². The number of hydrogen-bond donors (Lipinski definition) is 1. The Bertz CT molecular complexity index is 509. The summed E-state index contributed by atoms with van der Waals surface area (Å²) in [5.41, 5.74) is 0. The zero-order valence-electron chi connectivity index (χ0n) is 17.5. The normalized spacial score (nSPS) is 30.7. The average Bonchev–Trinajstić information content (AvgIpc) is 2.99. The second-order valence-electron chi connectivity index (χ2n) is 9.57. The molecule has 1 N–H and O–H groups in total. The number of fused-ring (bicyclic) bond motifs is 1. The molecule has 0 aromatic carbocycles. The quantitative estimate of drug-likeness (QED) is 0.283. The third kappa shape index (κ3) is 5.20. The number of hydrogen-bond acceptors (Lipinski definition) is 4. The highest BCUT2D eigenvalue weighted by molar-refractivity contribution is 6.74. The summed E-state index contributed by atoms with van der Waals surface area (Å²) < 4.78 is 12.2. The van der Waals surface area contributed by atoms with Gasteiger partial charge in [-0.05, 0) is 24.6 Å². The van der Waals surface area contributed by atoms with Crippen LogP contribution >= 0.6 is 0 Å². The predicted molar refractivity (Wildman–Crippen MR) is 107 cm³/mol. The Morgan fingerprint density at radius 3 is 2.65 bits per heavy atom. The molecule has 1 saturated carbocycles. The van der Waals surface area contributed by atoms with Gasteiger partial charge in [-0.3, -0.25) is 4.79 Å². The van der Waals surface area contributed by atoms with E-state index in [0.29, 0.717) is 6.42 Å². The minimum atomic E-state index is -1.90. The van der Waals surface area contributed by atoms with Crippen LogP contribution in [0.2, 0.25) is 18.1 Å². The molecule has 26 heavy (non-hydrogen) atoms. The number of carbonyl (C=O) groups excluding carboxylic acids is 1. The number of esters is 1. The van der Waals surface area contributed by atoms with Crippen LogP contribution in [0.15, 0.2) is 12.2 Å². The van der Waals surface area contributed by atoms with Gasteiger partial charge in [0.1, 0.15) is 6.10 Å². The molecule has 2 fully saturated rings. The SMILES string of the molecule is CCCCC[C@H](O)/C=C/[C@@H]1[C@H]2CC(=O)O[C@H]2C[C@H]1O[Si](C)(C)C(C)(C)C. The molecule has 2 aliphatic rings. The highest BCUT2D eigenvalue weighted by atomic mass is 28.4. The molecule has 0 aromatic heterocycles. The van der Waals surface area contributed by atoms with Crippen molar-refractivity contribution in [1.29, 1.82) is 0 Å². The lowest BCUT2D eigenvalue weighted by Crippen LogP contribution is -2.45. The largest absolute Gasteiger partial charge is 0.462 e. The molecule has 4 nitrogen and oxygen atoms in total. The molecule has 2 rings (SSSR count). The van der Waals surface area contributed by atoms with Crippen molar-refractivity contribution in [1.82, 2.24) is 0 Å². The summed E-state index contributed by atoms with van der Waals surface area (Å²) in [6, 6.07) is 0. The fourth-order valence-corrected chi connectivity index (χ4v) is 5.17. The van der Waals surface area contributed by atoms with Gasteiger partial charge in [-0.25, -0.2) is 0 Å². The van der Waals surface area contributed by atoms with E-state index < -0.39 is 14.4 Å². The molecule has 0 spiro atoms. The van der Waals surface area contributed by atoms with Crippen LogP contribution in [0, 0.1) is 11.8 Å². The van der Waals surface area contributed by atoms with Gasteiger partial charge in [-0.1, -0.05) is 59.1 Å². The summed E-state index contributed by atoms with van der Waals surface area (Å²) in [6.45, 7) is 13.5. The fraction of sp³-hybridized carbons (Fsp3) is 0.857. The van der Waals surface area contributed by atoms with Crippen LogP contribution in [0.5, 0.6) is 0 Å². The average molecular weight is 383 g/mol. The van der Waals surface area contributed by atoms with Crippen LogP contribution in [0.4, 0.5) is 0 Å². The van der Waals surface area contributed by atoms with Crippen molar-refractivity contribution in [2.75, 3.05) is 0 Å². The standard InChI is InChI=1S/C21H38O4Si/c1-7-8-9-10-15(22)11-12-16-17-13-20(23)24-18(17)14-19(16)25-26(5,6)21(2,3)4/h11-12,15-19,22H,7-10,13-14H2,1-6H3/b12-11+/t15-,16+,17+,18-,19+/m0/s1. The van der Waals surface area contributed by atoms with E-state index in [4.69, 9.17) is 9.16 Å². The van der Waals surface area contributed by atoms with Gasteiger partial charge >= 0.3 is 5.97 Å². The number of rotatable bonds is 8. The molecule has 0 radical (unpaired) electrons. The van der Waals surface area contributed by atoms with Gasteiger partial charge in [0.2, 0.25) is 0 Å². The third-order valence-electron chi connectivity index (χ3n) is 6.46. The molecule has 1 aliphatic carbocycles. The van der Waals surface area contributed by atoms with E-state index in [-0.39, 0.29) is 35.1 Å². The number of unbranched alkanes of at least 4 members (excludes halogenated alkanes) is 2. The van der Waals surface area contributed by atoms with Crippen LogP contribution in [-0.2, 0) is 14.0 Å². The number of aliphatic hydroxyl groups excluding tert-OH is 1. The summed E-state index contributed by atoms with van der Waals surface area (Å²) in [7, 11) is -1.90. The maximum Gasteiger partial charge on any atom is 0.306 e. The first-order chi connectivity index (χ1) is 12.0. The van der Waals surface area contributed by atoms with Crippen molar-refractivity contribution in [2.45, 2.75) is 103 Å². The van der Waals surface area contributed by atoms with Gasteiger partial charge < -0.3 is 14.3 Å². The third-order valence-corrected chi connectivity index (χ3v) is 11.0. The minimum absolute atomic E-state index is 0.0239. The van der Waals surface area contributed by atoms with E-state index in [2.05, 4.69) is 46.9 Å². The summed E-state index contributed by atoms with van der Waals surface area (Å²) in [5, 5.41) is 10.4. The molecular weight excluding hydrogens is 344 g/mol. The first-order valence-electron chi connectivity index (χ1n) is 10.3. The van der Waals surface area contributed by atoms with Gasteiger partial charge in [0.15, 0.2) is 8.32 Å². The van der Waals surface area contributed by atoms with Crippen molar-refractivity contribution in [2.24, 2.45) is 11.8 Å². The highest BCUT2D eigenvalue weighted by Crippen LogP contribution is 2.47. The van der Waals surface area contributed by atoms with Gasteiger partial charge in [-0.15, -0.1) is 0 Å². The molecule has 1 saturated heterocycles. The van der Waals surface area contributed by atoms with Crippen LogP contribution in [0.25, 0.3) is 0 Å². The molecule has 0 aromatic rings. The lowest BCUT2D eigenvalue weighted by Gasteiger charge is -2.39. The van der Waals surface area contributed by atoms with Crippen molar-refractivity contribution >= 4 is 14.3 Å². The van der Waals surface area contributed by atoms with Crippen LogP contribution in [0.1, 0.15) is 66.2 Å². The Labute approximate surface area is 160 Å². The lowest BCUT2D eigenvalue weighted by molar-refractivity contribution is -0.141. The second-order valence-corrected chi connectivity index (χ2v) is 14.3. The molecule has 1 aliphatic heterocycles. The molecule has 150 valence electrons. The Morgan fingerprint density at radius 2 is 2.04 bits per heavy atom. The predicted octanol–water partition coefficient (Wildman–Crippen LogP) is 4.83. The van der Waals surface area contributed by atoms with E-state index in [0.717, 1.165) is 32.1 Å². The van der Waals surface area contributed by atoms with Crippen molar-refractivity contribution in [3.05, 3.63) is 12.2 Å². The smallest absolute Gasteiger partial charge is 0.306 e. The number of ether oxygens (including phenoxy) is 1. The molecule has 1 heterocycles. The van der Waals surface area contributed by atoms with Crippen molar-refractivity contribution in [3.8, 4) is 0 Å². The first-order valence-corrected chi connectivity index (χ1v) is 13.2. The molecule has 0 amide bonds. The number of carbonyl (C=O) groups is 1. The van der Waals surface area contributed by atoms with E-state index in [1.54, 1.807) is 0 Å². The molecule has 5 heteroatoms. The van der Waals surface area contributed by atoms with Crippen molar-refractivity contribution < 1.29 is 19.1 Å². The molecule has 0 unspecified atom stereocenters. The summed E-state index contributed by atoms with van der Waals surface area (Å²) in [6.07, 6.45) is 9.10. The number of aliphatic hydroxyl groups is 1. The Hall–Kier alpha value is -0.653. The van der Waals surface area contributed by atoms with E-state index in [9.17, 15) is 9.90 Å². The first kappa shape index (κ1) is 21.6. The Kier molecular flexibility index (Phi) is 7.14. The maximum atomic E-state index is 11.7. The summed E-state index contributed by atoms with van der Waals surface area (Å²) in [4.78, 5) is 11.7. The van der Waals surface area contributed by atoms with Crippen LogP contribution < -0.4 is 0 Å². The maximum absolute atomic E-state index is 11.7. The van der Waals surface area contributed by atoms with Crippen LogP contribution in [0.3, 0.4) is 0 Å². The summed E-state index contributed by atoms with van der Waals surface area (Å²) >= 11 is 0. The van der Waals surface area contributed by atoms with E-state index >= 15 is 0 Å². The molecular formula is C21H38O4Si. The molecule has 0 bridgehead atoms. The van der Waals surface area contributed by atoms with Gasteiger partial charge in [0.05, 0.1) is 18.6 Å². The highest BCUT2D eigenvalue weighted by Gasteiger charge is 2.52. The minimum Gasteiger partial charge on any atom is -0.462 e. The lowest BCUT2D eigenvalue weighted by atomic mass is 9.91. The zero-order chi connectivity index (χ0) is 19.5. The van der Waals surface area contributed by atoms with Crippen LogP contribution in [-0.4, -0.2) is 37.7 Å². The Morgan fingerprint density at radius 1 is 1.35 bits per heavy atom. The van der Waals surface area contributed by atoms with E-state index in [1.165, 1.54) is 0 Å². The Balaban J connectivity index is 2.08. The van der Waals surface area contributed by atoms with Crippen molar-refractivity contribution in [3.63, 3.8) is 0 Å². The second kappa shape index (κ2) is 8.57. The van der Waals surface area contributed by atoms with Gasteiger partial charge in [-0.2, -0.15) is 0 Å².